The number of alkyl halides is 1. The maximum absolute atomic E-state index is 12.0. The highest BCUT2D eigenvalue weighted by molar-refractivity contribution is 9.09. The molecule has 0 aliphatic carbocycles. The van der Waals surface area contributed by atoms with Gasteiger partial charge in [0.25, 0.3) is 0 Å². The summed E-state index contributed by atoms with van der Waals surface area (Å²) in [5.41, 5.74) is 0.789. The summed E-state index contributed by atoms with van der Waals surface area (Å²) in [7, 11) is -3.02. The lowest BCUT2D eigenvalue weighted by molar-refractivity contribution is 0.537. The van der Waals surface area contributed by atoms with Crippen LogP contribution in [0.2, 0.25) is 8.67 Å². The van der Waals surface area contributed by atoms with Gasteiger partial charge in [-0.3, -0.25) is 0 Å². The van der Waals surface area contributed by atoms with Crippen LogP contribution in [0.5, 0.6) is 0 Å². The molecular weight excluding hydrogens is 367 g/mol. The standard InChI is InChI=1S/C10H11BrCl2O2S2/c11-9(6-5-8(12)16-10(6)13)7-3-1-2-4-17(7,14)15/h5,7,9H,1-4H2. The zero-order valence-electron chi connectivity index (χ0n) is 8.83. The van der Waals surface area contributed by atoms with Crippen LogP contribution in [0, 0.1) is 0 Å². The lowest BCUT2D eigenvalue weighted by Crippen LogP contribution is -2.31. The molecule has 2 nitrogen and oxygen atoms in total. The molecule has 2 rings (SSSR count). The fourth-order valence-electron chi connectivity index (χ4n) is 2.05. The number of thiophene rings is 1. The van der Waals surface area contributed by atoms with Crippen LogP contribution in [-0.4, -0.2) is 19.4 Å². The summed E-state index contributed by atoms with van der Waals surface area (Å²) in [6.07, 6.45) is 2.39. The Morgan fingerprint density at radius 2 is 2.12 bits per heavy atom. The first-order valence-corrected chi connectivity index (χ1v) is 9.42. The summed E-state index contributed by atoms with van der Waals surface area (Å²) in [6.45, 7) is 0. The van der Waals surface area contributed by atoms with Crippen LogP contribution in [-0.2, 0) is 9.84 Å². The highest BCUT2D eigenvalue weighted by Crippen LogP contribution is 2.43. The molecule has 1 aliphatic heterocycles. The Morgan fingerprint density at radius 1 is 1.41 bits per heavy atom. The van der Waals surface area contributed by atoms with Crippen molar-refractivity contribution >= 4 is 60.3 Å². The molecule has 0 spiro atoms. The van der Waals surface area contributed by atoms with Crippen LogP contribution in [0.3, 0.4) is 0 Å². The van der Waals surface area contributed by atoms with Gasteiger partial charge in [0.2, 0.25) is 0 Å². The summed E-state index contributed by atoms with van der Waals surface area (Å²) in [6, 6.07) is 1.75. The normalized spacial score (nSPS) is 25.7. The third-order valence-corrected chi connectivity index (χ3v) is 8.22. The van der Waals surface area contributed by atoms with Gasteiger partial charge in [0.15, 0.2) is 9.84 Å². The molecule has 0 bridgehead atoms. The van der Waals surface area contributed by atoms with Gasteiger partial charge in [-0.05, 0) is 24.5 Å². The van der Waals surface area contributed by atoms with Crippen molar-refractivity contribution < 1.29 is 8.42 Å². The smallest absolute Gasteiger partial charge is 0.154 e. The number of hydrogen-bond acceptors (Lipinski definition) is 3. The monoisotopic (exact) mass is 376 g/mol. The van der Waals surface area contributed by atoms with Crippen molar-refractivity contribution in [1.82, 2.24) is 0 Å². The summed E-state index contributed by atoms with van der Waals surface area (Å²) in [5, 5.41) is -0.389. The largest absolute Gasteiger partial charge is 0.228 e. The third kappa shape index (κ3) is 3.00. The topological polar surface area (TPSA) is 34.1 Å². The van der Waals surface area contributed by atoms with Crippen molar-refractivity contribution in [2.45, 2.75) is 29.3 Å². The maximum Gasteiger partial charge on any atom is 0.154 e. The van der Waals surface area contributed by atoms with Crippen molar-refractivity contribution in [1.29, 1.82) is 0 Å². The van der Waals surface area contributed by atoms with E-state index in [0.717, 1.165) is 18.4 Å². The molecule has 1 aromatic heterocycles. The molecule has 0 aromatic carbocycles. The van der Waals surface area contributed by atoms with Crippen molar-refractivity contribution in [3.8, 4) is 0 Å². The second-order valence-corrected chi connectivity index (χ2v) is 9.69. The van der Waals surface area contributed by atoms with Crippen molar-refractivity contribution in [2.24, 2.45) is 0 Å². The molecule has 0 N–H and O–H groups in total. The van der Waals surface area contributed by atoms with E-state index >= 15 is 0 Å². The van der Waals surface area contributed by atoms with Crippen molar-refractivity contribution in [3.05, 3.63) is 20.3 Å². The minimum atomic E-state index is -3.02. The fourth-order valence-corrected chi connectivity index (χ4v) is 7.44. The quantitative estimate of drug-likeness (QED) is 0.713. The molecular formula is C10H11BrCl2O2S2. The highest BCUT2D eigenvalue weighted by Gasteiger charge is 2.36. The van der Waals surface area contributed by atoms with E-state index in [1.165, 1.54) is 11.3 Å². The number of sulfone groups is 1. The van der Waals surface area contributed by atoms with Gasteiger partial charge in [-0.2, -0.15) is 0 Å². The lowest BCUT2D eigenvalue weighted by Gasteiger charge is -2.26. The summed E-state index contributed by atoms with van der Waals surface area (Å²) in [4.78, 5) is -0.260. The first kappa shape index (κ1) is 14.1. The molecule has 2 unspecified atom stereocenters. The Hall–Kier alpha value is 0.710. The van der Waals surface area contributed by atoms with E-state index in [0.29, 0.717) is 15.1 Å². The Balaban J connectivity index is 2.31. The Morgan fingerprint density at radius 3 is 2.65 bits per heavy atom. The van der Waals surface area contributed by atoms with Crippen LogP contribution < -0.4 is 0 Å². The van der Waals surface area contributed by atoms with Crippen LogP contribution in [0.4, 0.5) is 0 Å². The molecule has 17 heavy (non-hydrogen) atoms. The molecule has 2 heterocycles. The zero-order valence-corrected chi connectivity index (χ0v) is 13.6. The van der Waals surface area contributed by atoms with Crippen molar-refractivity contribution in [3.63, 3.8) is 0 Å². The van der Waals surface area contributed by atoms with Crippen LogP contribution in [0.1, 0.15) is 29.7 Å². The summed E-state index contributed by atoms with van der Waals surface area (Å²) < 4.78 is 25.2. The first-order chi connectivity index (χ1) is 7.92. The average molecular weight is 378 g/mol. The van der Waals surface area contributed by atoms with Gasteiger partial charge in [0.1, 0.15) is 0 Å². The zero-order chi connectivity index (χ0) is 12.6. The second kappa shape index (κ2) is 5.37. The molecule has 1 aromatic rings. The first-order valence-electron chi connectivity index (χ1n) is 5.22. The van der Waals surface area contributed by atoms with E-state index in [9.17, 15) is 8.42 Å². The molecule has 96 valence electrons. The molecule has 0 saturated carbocycles. The van der Waals surface area contributed by atoms with E-state index < -0.39 is 9.84 Å². The van der Waals surface area contributed by atoms with Crippen LogP contribution >= 0.6 is 50.5 Å². The van der Waals surface area contributed by atoms with Gasteiger partial charge >= 0.3 is 0 Å². The van der Waals surface area contributed by atoms with E-state index in [1.54, 1.807) is 6.07 Å². The summed E-state index contributed by atoms with van der Waals surface area (Å²) in [5.74, 6) is 0.273. The average Bonchev–Trinajstić information content (AvgIpc) is 2.56. The molecule has 1 aliphatic rings. The number of halogens is 3. The van der Waals surface area contributed by atoms with Gasteiger partial charge in [0, 0.05) is 0 Å². The fraction of sp³-hybridized carbons (Fsp3) is 0.600. The minimum absolute atomic E-state index is 0.260. The summed E-state index contributed by atoms with van der Waals surface area (Å²) >= 11 is 16.7. The van der Waals surface area contributed by atoms with Gasteiger partial charge in [0.05, 0.1) is 24.5 Å². The molecule has 1 fully saturated rings. The van der Waals surface area contributed by atoms with Gasteiger partial charge in [-0.25, -0.2) is 8.42 Å². The van der Waals surface area contributed by atoms with E-state index in [4.69, 9.17) is 23.2 Å². The lowest BCUT2D eigenvalue weighted by atomic mass is 10.1. The van der Waals surface area contributed by atoms with Gasteiger partial charge in [-0.15, -0.1) is 11.3 Å². The molecule has 7 heteroatoms. The number of rotatable bonds is 2. The van der Waals surface area contributed by atoms with Crippen LogP contribution in [0.25, 0.3) is 0 Å². The van der Waals surface area contributed by atoms with Gasteiger partial charge in [-0.1, -0.05) is 45.6 Å². The third-order valence-electron chi connectivity index (χ3n) is 2.94. The molecule has 0 amide bonds. The highest BCUT2D eigenvalue weighted by atomic mass is 79.9. The Labute approximate surface area is 123 Å². The van der Waals surface area contributed by atoms with Crippen molar-refractivity contribution in [2.75, 3.05) is 5.75 Å². The second-order valence-electron chi connectivity index (χ2n) is 4.08. The molecule has 2 atom stereocenters. The Bertz CT molecular complexity index is 512. The van der Waals surface area contributed by atoms with E-state index in [-0.39, 0.29) is 15.8 Å². The van der Waals surface area contributed by atoms with Gasteiger partial charge < -0.3 is 0 Å². The Kier molecular flexibility index (Phi) is 4.46. The van der Waals surface area contributed by atoms with Crippen LogP contribution in [0.15, 0.2) is 6.07 Å². The van der Waals surface area contributed by atoms with E-state index in [2.05, 4.69) is 15.9 Å². The SMILES string of the molecule is O=S1(=O)CCCCC1C(Br)c1cc(Cl)sc1Cl. The number of hydrogen-bond donors (Lipinski definition) is 0. The molecule has 1 saturated heterocycles. The minimum Gasteiger partial charge on any atom is -0.228 e. The van der Waals surface area contributed by atoms with E-state index in [1.807, 2.05) is 0 Å². The predicted octanol–water partition coefficient (Wildman–Crippen LogP) is 4.46. The maximum atomic E-state index is 12.0. The molecule has 0 radical (unpaired) electrons. The predicted molar refractivity (Wildman–Crippen MR) is 77.4 cm³/mol.